The molecule has 0 amide bonds. The number of benzene rings is 1. The summed E-state index contributed by atoms with van der Waals surface area (Å²) in [6.45, 7) is 4.54. The number of rotatable bonds is 5. The Bertz CT molecular complexity index is 303. The highest BCUT2D eigenvalue weighted by atomic mass is 19.1. The molecule has 0 saturated carbocycles. The van der Waals surface area contributed by atoms with E-state index in [0.717, 1.165) is 0 Å². The van der Waals surface area contributed by atoms with Crippen LogP contribution in [0.15, 0.2) is 24.3 Å². The summed E-state index contributed by atoms with van der Waals surface area (Å²) in [6, 6.07) is 6.99. The molecule has 0 saturated heterocycles. The molecule has 84 valence electrons. The van der Waals surface area contributed by atoms with Gasteiger partial charge in [-0.1, -0.05) is 18.2 Å². The Morgan fingerprint density at radius 1 is 1.33 bits per heavy atom. The van der Waals surface area contributed by atoms with Crippen molar-refractivity contribution in [3.8, 4) is 0 Å². The molecule has 0 aliphatic rings. The maximum Gasteiger partial charge on any atom is 0.127 e. The van der Waals surface area contributed by atoms with Crippen LogP contribution in [0.25, 0.3) is 0 Å². The fourth-order valence-corrected chi connectivity index (χ4v) is 1.28. The fraction of sp³-hybridized carbons (Fsp3) is 0.500. The Hall–Kier alpha value is -0.930. The summed E-state index contributed by atoms with van der Waals surface area (Å²) in [5.41, 5.74) is 0.688. The molecule has 0 fully saturated rings. The first-order valence-electron chi connectivity index (χ1n) is 5.14. The molecular weight excluding hydrogens is 193 g/mol. The van der Waals surface area contributed by atoms with E-state index in [-0.39, 0.29) is 18.0 Å². The van der Waals surface area contributed by atoms with Crippen molar-refractivity contribution in [1.82, 2.24) is 5.32 Å². The molecule has 2 atom stereocenters. The normalized spacial score (nSPS) is 14.9. The number of nitrogens with one attached hydrogen (secondary N) is 1. The van der Waals surface area contributed by atoms with E-state index in [4.69, 9.17) is 4.74 Å². The lowest BCUT2D eigenvalue weighted by molar-refractivity contribution is 0.0881. The third kappa shape index (κ3) is 3.61. The van der Waals surface area contributed by atoms with Crippen molar-refractivity contribution in [3.05, 3.63) is 35.6 Å². The second-order valence-electron chi connectivity index (χ2n) is 3.70. The summed E-state index contributed by atoms with van der Waals surface area (Å²) in [4.78, 5) is 0. The van der Waals surface area contributed by atoms with E-state index in [9.17, 15) is 4.39 Å². The quantitative estimate of drug-likeness (QED) is 0.807. The van der Waals surface area contributed by atoms with E-state index >= 15 is 0 Å². The van der Waals surface area contributed by atoms with E-state index in [1.165, 1.54) is 6.07 Å². The van der Waals surface area contributed by atoms with Gasteiger partial charge in [0.1, 0.15) is 5.82 Å². The SMILES string of the molecule is COC(C)C(C)NCc1ccccc1F. The molecule has 1 aromatic carbocycles. The second kappa shape index (κ2) is 5.83. The van der Waals surface area contributed by atoms with Gasteiger partial charge >= 0.3 is 0 Å². The molecule has 0 aliphatic heterocycles. The number of halogens is 1. The van der Waals surface area contributed by atoms with Gasteiger partial charge in [-0.15, -0.1) is 0 Å². The van der Waals surface area contributed by atoms with Gasteiger partial charge in [0.05, 0.1) is 6.10 Å². The lowest BCUT2D eigenvalue weighted by atomic mass is 10.1. The molecule has 1 aromatic rings. The van der Waals surface area contributed by atoms with Gasteiger partial charge in [0.15, 0.2) is 0 Å². The van der Waals surface area contributed by atoms with Crippen molar-refractivity contribution in [3.63, 3.8) is 0 Å². The third-order valence-corrected chi connectivity index (χ3v) is 2.65. The van der Waals surface area contributed by atoms with Gasteiger partial charge in [-0.2, -0.15) is 0 Å². The van der Waals surface area contributed by atoms with E-state index in [0.29, 0.717) is 12.1 Å². The van der Waals surface area contributed by atoms with E-state index < -0.39 is 0 Å². The van der Waals surface area contributed by atoms with Crippen molar-refractivity contribution in [2.45, 2.75) is 32.5 Å². The molecule has 0 aromatic heterocycles. The van der Waals surface area contributed by atoms with Gasteiger partial charge in [-0.05, 0) is 19.9 Å². The predicted molar refractivity (Wildman–Crippen MR) is 59.2 cm³/mol. The van der Waals surface area contributed by atoms with Crippen molar-refractivity contribution >= 4 is 0 Å². The number of ether oxygens (including phenoxy) is 1. The Balaban J connectivity index is 2.47. The van der Waals surface area contributed by atoms with Crippen LogP contribution in [-0.4, -0.2) is 19.3 Å². The average Bonchev–Trinajstić information content (AvgIpc) is 2.26. The number of methoxy groups -OCH3 is 1. The third-order valence-electron chi connectivity index (χ3n) is 2.65. The molecule has 15 heavy (non-hydrogen) atoms. The zero-order chi connectivity index (χ0) is 11.3. The monoisotopic (exact) mass is 211 g/mol. The maximum atomic E-state index is 13.3. The summed E-state index contributed by atoms with van der Waals surface area (Å²) in [6.07, 6.45) is 0.122. The highest BCUT2D eigenvalue weighted by molar-refractivity contribution is 5.16. The molecule has 1 rings (SSSR count). The Morgan fingerprint density at radius 3 is 2.60 bits per heavy atom. The van der Waals surface area contributed by atoms with Crippen LogP contribution in [-0.2, 0) is 11.3 Å². The first-order chi connectivity index (χ1) is 7.15. The topological polar surface area (TPSA) is 21.3 Å². The highest BCUT2D eigenvalue weighted by Crippen LogP contribution is 2.06. The molecular formula is C12H18FNO. The lowest BCUT2D eigenvalue weighted by Gasteiger charge is -2.20. The van der Waals surface area contributed by atoms with Crippen LogP contribution in [0.5, 0.6) is 0 Å². The van der Waals surface area contributed by atoms with Crippen LogP contribution in [0, 0.1) is 5.82 Å². The van der Waals surface area contributed by atoms with Crippen molar-refractivity contribution < 1.29 is 9.13 Å². The summed E-state index contributed by atoms with van der Waals surface area (Å²) in [7, 11) is 1.67. The largest absolute Gasteiger partial charge is 0.380 e. The van der Waals surface area contributed by atoms with Crippen molar-refractivity contribution in [2.75, 3.05) is 7.11 Å². The minimum Gasteiger partial charge on any atom is -0.380 e. The number of hydrogen-bond donors (Lipinski definition) is 1. The average molecular weight is 211 g/mol. The van der Waals surface area contributed by atoms with Gasteiger partial charge < -0.3 is 10.1 Å². The maximum absolute atomic E-state index is 13.3. The zero-order valence-corrected chi connectivity index (χ0v) is 9.46. The summed E-state index contributed by atoms with van der Waals surface area (Å²) >= 11 is 0. The standard InChI is InChI=1S/C12H18FNO/c1-9(10(2)15-3)14-8-11-6-4-5-7-12(11)13/h4-7,9-10,14H,8H2,1-3H3. The van der Waals surface area contributed by atoms with Gasteiger partial charge in [-0.3, -0.25) is 0 Å². The first-order valence-corrected chi connectivity index (χ1v) is 5.14. The summed E-state index contributed by atoms with van der Waals surface area (Å²) in [5, 5.41) is 3.23. The minimum atomic E-state index is -0.165. The molecule has 2 nitrogen and oxygen atoms in total. The molecule has 0 aliphatic carbocycles. The van der Waals surface area contributed by atoms with Crippen LogP contribution in [0.1, 0.15) is 19.4 Å². The van der Waals surface area contributed by atoms with E-state index in [1.807, 2.05) is 19.9 Å². The molecule has 0 heterocycles. The van der Waals surface area contributed by atoms with Crippen molar-refractivity contribution in [2.24, 2.45) is 0 Å². The van der Waals surface area contributed by atoms with Crippen LogP contribution in [0.2, 0.25) is 0 Å². The molecule has 1 N–H and O–H groups in total. The molecule has 0 radical (unpaired) electrons. The lowest BCUT2D eigenvalue weighted by Crippen LogP contribution is -2.36. The summed E-state index contributed by atoms with van der Waals surface area (Å²) in [5.74, 6) is -0.165. The Kier molecular flexibility index (Phi) is 4.72. The molecule has 2 unspecified atom stereocenters. The van der Waals surface area contributed by atoms with Gasteiger partial charge in [-0.25, -0.2) is 4.39 Å². The Morgan fingerprint density at radius 2 is 2.00 bits per heavy atom. The van der Waals surface area contributed by atoms with E-state index in [1.54, 1.807) is 19.2 Å². The predicted octanol–water partition coefficient (Wildman–Crippen LogP) is 2.34. The van der Waals surface area contributed by atoms with Crippen molar-refractivity contribution in [1.29, 1.82) is 0 Å². The van der Waals surface area contributed by atoms with Gasteiger partial charge in [0.25, 0.3) is 0 Å². The highest BCUT2D eigenvalue weighted by Gasteiger charge is 2.10. The summed E-state index contributed by atoms with van der Waals surface area (Å²) < 4.78 is 18.4. The second-order valence-corrected chi connectivity index (χ2v) is 3.70. The first kappa shape index (κ1) is 12.1. The van der Waals surface area contributed by atoms with Crippen LogP contribution >= 0.6 is 0 Å². The Labute approximate surface area is 90.4 Å². The zero-order valence-electron chi connectivity index (χ0n) is 9.46. The van der Waals surface area contributed by atoms with Crippen LogP contribution in [0.3, 0.4) is 0 Å². The minimum absolute atomic E-state index is 0.122. The number of hydrogen-bond acceptors (Lipinski definition) is 2. The molecule has 0 bridgehead atoms. The molecule has 3 heteroatoms. The van der Waals surface area contributed by atoms with Crippen LogP contribution < -0.4 is 5.32 Å². The smallest absolute Gasteiger partial charge is 0.127 e. The van der Waals surface area contributed by atoms with Gasteiger partial charge in [0.2, 0.25) is 0 Å². The molecule has 0 spiro atoms. The van der Waals surface area contributed by atoms with Crippen LogP contribution in [0.4, 0.5) is 4.39 Å². The van der Waals surface area contributed by atoms with Gasteiger partial charge in [0, 0.05) is 25.3 Å². The fourth-order valence-electron chi connectivity index (χ4n) is 1.28. The van der Waals surface area contributed by atoms with E-state index in [2.05, 4.69) is 5.32 Å².